The molecule has 4 aromatic rings. The highest BCUT2D eigenvalue weighted by molar-refractivity contribution is 5.90. The molecule has 0 spiro atoms. The molecule has 0 fully saturated rings. The number of hydrogen-bond acceptors (Lipinski definition) is 5. The fourth-order valence-electron chi connectivity index (χ4n) is 4.50. The molecule has 0 radical (unpaired) electrons. The van der Waals surface area contributed by atoms with E-state index in [1.165, 1.54) is 5.57 Å². The molecular weight excluding hydrogens is 434 g/mol. The van der Waals surface area contributed by atoms with Gasteiger partial charge in [-0.05, 0) is 53.8 Å². The Bertz CT molecular complexity index is 1470. The maximum absolute atomic E-state index is 13.7. The van der Waals surface area contributed by atoms with Crippen LogP contribution in [0.25, 0.3) is 33.2 Å². The lowest BCUT2D eigenvalue weighted by Crippen LogP contribution is -2.32. The highest BCUT2D eigenvalue weighted by atomic mass is 16.1. The first-order valence-corrected chi connectivity index (χ1v) is 12.0. The van der Waals surface area contributed by atoms with Crippen molar-refractivity contribution >= 4 is 16.7 Å². The second kappa shape index (κ2) is 10.1. The normalized spacial score (nSPS) is 14.1. The molecule has 0 saturated carbocycles. The second-order valence-corrected chi connectivity index (χ2v) is 8.92. The van der Waals surface area contributed by atoms with Crippen LogP contribution in [0.5, 0.6) is 0 Å². The van der Waals surface area contributed by atoms with Crippen LogP contribution in [0.1, 0.15) is 19.3 Å². The minimum Gasteiger partial charge on any atom is -0.354 e. The van der Waals surface area contributed by atoms with E-state index in [1.807, 2.05) is 42.5 Å². The van der Waals surface area contributed by atoms with Gasteiger partial charge >= 0.3 is 0 Å². The Morgan fingerprint density at radius 1 is 1.03 bits per heavy atom. The van der Waals surface area contributed by atoms with Gasteiger partial charge in [0.15, 0.2) is 0 Å². The second-order valence-electron chi connectivity index (χ2n) is 8.92. The van der Waals surface area contributed by atoms with Crippen LogP contribution in [-0.2, 0) is 7.05 Å². The lowest BCUT2D eigenvalue weighted by molar-refractivity contribution is 0.686. The molecule has 0 saturated heterocycles. The zero-order valence-electron chi connectivity index (χ0n) is 19.8. The van der Waals surface area contributed by atoms with Gasteiger partial charge in [-0.1, -0.05) is 60.2 Å². The molecule has 2 heterocycles. The van der Waals surface area contributed by atoms with Crippen molar-refractivity contribution in [3.8, 4) is 22.4 Å². The van der Waals surface area contributed by atoms with Crippen LogP contribution in [0.3, 0.4) is 0 Å². The molecule has 6 heteroatoms. The summed E-state index contributed by atoms with van der Waals surface area (Å²) in [5, 5.41) is 5.52. The fourth-order valence-corrected chi connectivity index (χ4v) is 4.50. The molecule has 1 unspecified atom stereocenters. The third kappa shape index (κ3) is 4.93. The summed E-state index contributed by atoms with van der Waals surface area (Å²) in [6.45, 7) is 0.510. The zero-order valence-corrected chi connectivity index (χ0v) is 19.8. The van der Waals surface area contributed by atoms with Crippen molar-refractivity contribution in [1.29, 1.82) is 0 Å². The van der Waals surface area contributed by atoms with E-state index in [9.17, 15) is 4.79 Å². The van der Waals surface area contributed by atoms with E-state index >= 15 is 0 Å². The topological polar surface area (TPSA) is 85.8 Å². The van der Waals surface area contributed by atoms with Crippen LogP contribution in [0.15, 0.2) is 95.6 Å². The number of nitrogens with two attached hydrogens (primary N) is 1. The Morgan fingerprint density at radius 2 is 1.83 bits per heavy atom. The van der Waals surface area contributed by atoms with E-state index in [-0.39, 0.29) is 11.6 Å². The predicted molar refractivity (Wildman–Crippen MR) is 143 cm³/mol. The highest BCUT2D eigenvalue weighted by Crippen LogP contribution is 2.30. The van der Waals surface area contributed by atoms with Crippen LogP contribution < -0.4 is 16.6 Å². The number of fused-ring (bicyclic) bond motifs is 1. The van der Waals surface area contributed by atoms with Gasteiger partial charge < -0.3 is 11.1 Å². The van der Waals surface area contributed by atoms with E-state index in [2.05, 4.69) is 40.7 Å². The van der Waals surface area contributed by atoms with E-state index in [1.54, 1.807) is 24.0 Å². The number of hydrogen-bond donors (Lipinski definition) is 2. The molecule has 0 bridgehead atoms. The first-order chi connectivity index (χ1) is 17.1. The Kier molecular flexibility index (Phi) is 6.55. The summed E-state index contributed by atoms with van der Waals surface area (Å²) in [6, 6.07) is 17.9. The number of pyridine rings is 1. The zero-order chi connectivity index (χ0) is 24.2. The van der Waals surface area contributed by atoms with Gasteiger partial charge in [-0.25, -0.2) is 4.98 Å². The third-order valence-corrected chi connectivity index (χ3v) is 6.37. The number of rotatable bonds is 7. The minimum absolute atomic E-state index is 0.0922. The largest absolute Gasteiger partial charge is 0.354 e. The third-order valence-electron chi connectivity index (χ3n) is 6.37. The predicted octanol–water partition coefficient (Wildman–Crippen LogP) is 5.07. The quantitative estimate of drug-likeness (QED) is 0.400. The molecule has 2 aromatic heterocycles. The Labute approximate surface area is 204 Å². The van der Waals surface area contributed by atoms with Crippen molar-refractivity contribution in [2.45, 2.75) is 25.3 Å². The SMILES string of the molecule is Cn1c(NCC(N)CC2=CCCC=C2)nc(-c2ccncc2)c(-c2ccc3ccccc3c2)c1=O. The van der Waals surface area contributed by atoms with Gasteiger partial charge in [-0.3, -0.25) is 14.3 Å². The summed E-state index contributed by atoms with van der Waals surface area (Å²) in [5.41, 5.74) is 10.4. The smallest absolute Gasteiger partial charge is 0.263 e. The first kappa shape index (κ1) is 22.7. The molecule has 6 nitrogen and oxygen atoms in total. The summed E-state index contributed by atoms with van der Waals surface area (Å²) in [6.07, 6.45) is 12.9. The molecule has 1 aliphatic rings. The monoisotopic (exact) mass is 463 g/mol. The van der Waals surface area contributed by atoms with Crippen LogP contribution in [0.2, 0.25) is 0 Å². The van der Waals surface area contributed by atoms with Crippen molar-refractivity contribution in [3.63, 3.8) is 0 Å². The van der Waals surface area contributed by atoms with Crippen LogP contribution >= 0.6 is 0 Å². The molecule has 1 aliphatic carbocycles. The van der Waals surface area contributed by atoms with Gasteiger partial charge in [0.05, 0.1) is 11.3 Å². The molecule has 0 amide bonds. The van der Waals surface area contributed by atoms with Crippen molar-refractivity contribution in [1.82, 2.24) is 14.5 Å². The van der Waals surface area contributed by atoms with E-state index in [4.69, 9.17) is 10.7 Å². The summed E-state index contributed by atoms with van der Waals surface area (Å²) >= 11 is 0. The van der Waals surface area contributed by atoms with Crippen LogP contribution in [0.4, 0.5) is 5.95 Å². The summed E-state index contributed by atoms with van der Waals surface area (Å²) in [7, 11) is 1.75. The van der Waals surface area contributed by atoms with Gasteiger partial charge in [-0.2, -0.15) is 0 Å². The van der Waals surface area contributed by atoms with Gasteiger partial charge in [-0.15, -0.1) is 0 Å². The van der Waals surface area contributed by atoms with Crippen LogP contribution in [-0.4, -0.2) is 27.1 Å². The Balaban J connectivity index is 1.52. The minimum atomic E-state index is -0.115. The number of anilines is 1. The first-order valence-electron chi connectivity index (χ1n) is 12.0. The summed E-state index contributed by atoms with van der Waals surface area (Å²) in [4.78, 5) is 22.8. The molecule has 35 heavy (non-hydrogen) atoms. The number of allylic oxidation sites excluding steroid dienone is 3. The van der Waals surface area contributed by atoms with Gasteiger partial charge in [0.25, 0.3) is 5.56 Å². The van der Waals surface area contributed by atoms with Gasteiger partial charge in [0.2, 0.25) is 5.95 Å². The molecule has 176 valence electrons. The van der Waals surface area contributed by atoms with Crippen molar-refractivity contribution in [3.05, 3.63) is 101 Å². The standard InChI is InChI=1S/C29H29N5O/c1-34-28(35)26(24-12-11-21-9-5-6-10-23(21)18-24)27(22-13-15-31-16-14-22)33-29(34)32-19-25(30)17-20-7-3-2-4-8-20/h3,5-16,18,25H,2,4,17,19,30H2,1H3,(H,32,33). The molecule has 0 aliphatic heterocycles. The van der Waals surface area contributed by atoms with E-state index in [0.29, 0.717) is 23.8 Å². The molecule has 3 N–H and O–H groups in total. The van der Waals surface area contributed by atoms with Crippen LogP contribution in [0, 0.1) is 0 Å². The molecule has 2 aromatic carbocycles. The number of nitrogens with one attached hydrogen (secondary N) is 1. The Hall–Kier alpha value is -4.03. The van der Waals surface area contributed by atoms with E-state index in [0.717, 1.165) is 41.2 Å². The van der Waals surface area contributed by atoms with Gasteiger partial charge in [0.1, 0.15) is 0 Å². The maximum Gasteiger partial charge on any atom is 0.263 e. The average Bonchev–Trinajstić information content (AvgIpc) is 2.90. The number of benzene rings is 2. The summed E-state index contributed by atoms with van der Waals surface area (Å²) < 4.78 is 1.57. The van der Waals surface area contributed by atoms with Crippen molar-refractivity contribution < 1.29 is 0 Å². The highest BCUT2D eigenvalue weighted by Gasteiger charge is 2.19. The molecule has 5 rings (SSSR count). The number of aromatic nitrogens is 3. The maximum atomic E-state index is 13.7. The lowest BCUT2D eigenvalue weighted by Gasteiger charge is -2.19. The molecular formula is C29H29N5O. The van der Waals surface area contributed by atoms with Crippen molar-refractivity contribution in [2.75, 3.05) is 11.9 Å². The van der Waals surface area contributed by atoms with Crippen molar-refractivity contribution in [2.24, 2.45) is 12.8 Å². The Morgan fingerprint density at radius 3 is 2.60 bits per heavy atom. The summed E-state index contributed by atoms with van der Waals surface area (Å²) in [5.74, 6) is 0.495. The van der Waals surface area contributed by atoms with E-state index < -0.39 is 0 Å². The van der Waals surface area contributed by atoms with Gasteiger partial charge in [0, 0.05) is 37.6 Å². The number of nitrogens with zero attached hydrogens (tertiary/aromatic N) is 3. The fraction of sp³-hybridized carbons (Fsp3) is 0.207. The molecule has 1 atom stereocenters. The average molecular weight is 464 g/mol. The lowest BCUT2D eigenvalue weighted by atomic mass is 9.98.